The van der Waals surface area contributed by atoms with Gasteiger partial charge in [-0.1, -0.05) is 19.4 Å². The van der Waals surface area contributed by atoms with Crippen LogP contribution >= 0.6 is 0 Å². The van der Waals surface area contributed by atoms with Crippen molar-refractivity contribution in [1.82, 2.24) is 0 Å². The minimum atomic E-state index is -4.66. The minimum Gasteiger partial charge on any atom is -0.406 e. The molecule has 3 nitrogen and oxygen atoms in total. The first-order valence-corrected chi connectivity index (χ1v) is 6.18. The van der Waals surface area contributed by atoms with Gasteiger partial charge in [-0.05, 0) is 18.6 Å². The van der Waals surface area contributed by atoms with Crippen molar-refractivity contribution in [2.45, 2.75) is 26.1 Å². The van der Waals surface area contributed by atoms with Crippen LogP contribution in [0, 0.1) is 0 Å². The largest absolute Gasteiger partial charge is 0.573 e. The van der Waals surface area contributed by atoms with Crippen molar-refractivity contribution in [3.8, 4) is 5.75 Å². The fourth-order valence-electron chi connectivity index (χ4n) is 1.42. The third-order valence-electron chi connectivity index (χ3n) is 2.29. The van der Waals surface area contributed by atoms with E-state index >= 15 is 0 Å². The van der Waals surface area contributed by atoms with Crippen LogP contribution in [0.3, 0.4) is 0 Å². The highest BCUT2D eigenvalue weighted by atomic mass is 19.4. The van der Waals surface area contributed by atoms with Crippen LogP contribution in [0.4, 0.5) is 18.9 Å². The number of hydrogen-bond donors (Lipinski definition) is 1. The average Bonchev–Trinajstić information content (AvgIpc) is 2.32. The van der Waals surface area contributed by atoms with E-state index < -0.39 is 6.36 Å². The lowest BCUT2D eigenvalue weighted by Gasteiger charge is -2.11. The third kappa shape index (κ3) is 7.56. The minimum absolute atomic E-state index is 0.232. The van der Waals surface area contributed by atoms with E-state index in [0.29, 0.717) is 25.4 Å². The quantitative estimate of drug-likeness (QED) is 0.733. The van der Waals surface area contributed by atoms with Crippen LogP contribution in [-0.4, -0.2) is 26.1 Å². The van der Waals surface area contributed by atoms with E-state index in [-0.39, 0.29) is 5.75 Å². The second-order valence-electron chi connectivity index (χ2n) is 3.97. The fourth-order valence-corrected chi connectivity index (χ4v) is 1.42. The highest BCUT2D eigenvalue weighted by molar-refractivity contribution is 5.48. The summed E-state index contributed by atoms with van der Waals surface area (Å²) in [5.41, 5.74) is 0.570. The van der Waals surface area contributed by atoms with Gasteiger partial charge in [-0.2, -0.15) is 0 Å². The van der Waals surface area contributed by atoms with Crippen molar-refractivity contribution in [2.24, 2.45) is 0 Å². The monoisotopic (exact) mass is 277 g/mol. The molecule has 1 aromatic carbocycles. The molecule has 0 saturated carbocycles. The summed E-state index contributed by atoms with van der Waals surface area (Å²) in [6.45, 7) is 3.84. The molecule has 0 radical (unpaired) electrons. The second kappa shape index (κ2) is 7.89. The number of halogens is 3. The van der Waals surface area contributed by atoms with Crippen molar-refractivity contribution in [3.63, 3.8) is 0 Å². The van der Waals surface area contributed by atoms with Crippen LogP contribution in [0.25, 0.3) is 0 Å². The second-order valence-corrected chi connectivity index (χ2v) is 3.97. The molecule has 6 heteroatoms. The Morgan fingerprint density at radius 3 is 2.68 bits per heavy atom. The topological polar surface area (TPSA) is 30.5 Å². The summed E-state index contributed by atoms with van der Waals surface area (Å²) in [4.78, 5) is 0. The molecule has 0 spiro atoms. The third-order valence-corrected chi connectivity index (χ3v) is 2.29. The zero-order valence-corrected chi connectivity index (χ0v) is 10.8. The molecular weight excluding hydrogens is 259 g/mol. The number of unbranched alkanes of at least 4 members (excludes halogenated alkanes) is 1. The van der Waals surface area contributed by atoms with Gasteiger partial charge < -0.3 is 14.8 Å². The van der Waals surface area contributed by atoms with Gasteiger partial charge in [-0.15, -0.1) is 13.2 Å². The SMILES string of the molecule is CCCCOCCNc1cccc(OC(F)(F)F)c1. The standard InChI is InChI=1S/C13H18F3NO2/c1-2-3-8-18-9-7-17-11-5-4-6-12(10-11)19-13(14,15)16/h4-6,10,17H,2-3,7-9H2,1H3. The van der Waals surface area contributed by atoms with E-state index in [1.807, 2.05) is 0 Å². The molecule has 0 unspecified atom stereocenters. The van der Waals surface area contributed by atoms with Crippen LogP contribution < -0.4 is 10.1 Å². The molecule has 1 aromatic rings. The number of hydrogen-bond acceptors (Lipinski definition) is 3. The van der Waals surface area contributed by atoms with Gasteiger partial charge in [0.1, 0.15) is 5.75 Å². The molecule has 0 bridgehead atoms. The molecule has 19 heavy (non-hydrogen) atoms. The Morgan fingerprint density at radius 2 is 2.00 bits per heavy atom. The van der Waals surface area contributed by atoms with E-state index in [2.05, 4.69) is 17.0 Å². The van der Waals surface area contributed by atoms with Crippen molar-refractivity contribution in [1.29, 1.82) is 0 Å². The van der Waals surface area contributed by atoms with E-state index in [9.17, 15) is 13.2 Å². The summed E-state index contributed by atoms with van der Waals surface area (Å²) in [5.74, 6) is -0.232. The zero-order chi connectivity index (χ0) is 14.1. The number of benzene rings is 1. The average molecular weight is 277 g/mol. The van der Waals surface area contributed by atoms with Gasteiger partial charge in [0.2, 0.25) is 0 Å². The predicted octanol–water partition coefficient (Wildman–Crippen LogP) is 3.81. The van der Waals surface area contributed by atoms with Gasteiger partial charge in [0.25, 0.3) is 0 Å². The summed E-state index contributed by atoms with van der Waals surface area (Å²) in [7, 11) is 0. The van der Waals surface area contributed by atoms with Crippen molar-refractivity contribution < 1.29 is 22.6 Å². The van der Waals surface area contributed by atoms with Crippen LogP contribution in [-0.2, 0) is 4.74 Å². The summed E-state index contributed by atoms with van der Waals surface area (Å²) < 4.78 is 45.3. The van der Waals surface area contributed by atoms with Gasteiger partial charge in [0.15, 0.2) is 0 Å². The zero-order valence-electron chi connectivity index (χ0n) is 10.8. The van der Waals surface area contributed by atoms with Crippen molar-refractivity contribution in [3.05, 3.63) is 24.3 Å². The summed E-state index contributed by atoms with van der Waals surface area (Å²) in [6, 6.07) is 5.74. The highest BCUT2D eigenvalue weighted by Gasteiger charge is 2.31. The Balaban J connectivity index is 2.32. The molecule has 108 valence electrons. The van der Waals surface area contributed by atoms with E-state index in [1.165, 1.54) is 18.2 Å². The maximum atomic E-state index is 12.0. The number of ether oxygens (including phenoxy) is 2. The predicted molar refractivity (Wildman–Crippen MR) is 67.3 cm³/mol. The fraction of sp³-hybridized carbons (Fsp3) is 0.538. The van der Waals surface area contributed by atoms with Gasteiger partial charge in [0.05, 0.1) is 6.61 Å². The number of anilines is 1. The Morgan fingerprint density at radius 1 is 1.21 bits per heavy atom. The normalized spacial score (nSPS) is 11.4. The van der Waals surface area contributed by atoms with E-state index in [0.717, 1.165) is 12.8 Å². The number of nitrogens with one attached hydrogen (secondary N) is 1. The molecule has 0 aliphatic rings. The van der Waals surface area contributed by atoms with Gasteiger partial charge >= 0.3 is 6.36 Å². The molecule has 0 heterocycles. The van der Waals surface area contributed by atoms with Crippen molar-refractivity contribution >= 4 is 5.69 Å². The van der Waals surface area contributed by atoms with Crippen LogP contribution in [0.15, 0.2) is 24.3 Å². The Hall–Kier alpha value is -1.43. The Bertz CT molecular complexity index is 369. The summed E-state index contributed by atoms with van der Waals surface area (Å²) in [6.07, 6.45) is -2.58. The molecular formula is C13H18F3NO2. The molecule has 1 N–H and O–H groups in total. The van der Waals surface area contributed by atoms with Crippen molar-refractivity contribution in [2.75, 3.05) is 25.1 Å². The first-order valence-electron chi connectivity index (χ1n) is 6.18. The molecule has 0 saturated heterocycles. The molecule has 0 fully saturated rings. The van der Waals surface area contributed by atoms with Gasteiger partial charge in [-0.3, -0.25) is 0 Å². The maximum absolute atomic E-state index is 12.0. The first kappa shape index (κ1) is 15.6. The first-order chi connectivity index (χ1) is 9.01. The highest BCUT2D eigenvalue weighted by Crippen LogP contribution is 2.24. The van der Waals surface area contributed by atoms with E-state index in [4.69, 9.17) is 4.74 Å². The van der Waals surface area contributed by atoms with Crippen LogP contribution in [0.5, 0.6) is 5.75 Å². The van der Waals surface area contributed by atoms with Gasteiger partial charge in [-0.25, -0.2) is 0 Å². The lowest BCUT2D eigenvalue weighted by molar-refractivity contribution is -0.274. The van der Waals surface area contributed by atoms with E-state index in [1.54, 1.807) is 6.07 Å². The number of rotatable bonds is 8. The van der Waals surface area contributed by atoms with Crippen LogP contribution in [0.2, 0.25) is 0 Å². The Kier molecular flexibility index (Phi) is 6.49. The molecule has 0 aliphatic heterocycles. The number of alkyl halides is 3. The lowest BCUT2D eigenvalue weighted by Crippen LogP contribution is -2.17. The maximum Gasteiger partial charge on any atom is 0.573 e. The molecule has 0 aromatic heterocycles. The smallest absolute Gasteiger partial charge is 0.406 e. The molecule has 1 rings (SSSR count). The van der Waals surface area contributed by atoms with Crippen LogP contribution in [0.1, 0.15) is 19.8 Å². The molecule has 0 aliphatic carbocycles. The lowest BCUT2D eigenvalue weighted by atomic mass is 10.3. The van der Waals surface area contributed by atoms with Gasteiger partial charge in [0, 0.05) is 24.9 Å². The summed E-state index contributed by atoms with van der Waals surface area (Å²) in [5, 5.41) is 2.98. The Labute approximate surface area is 110 Å². The molecule has 0 atom stereocenters. The summed E-state index contributed by atoms with van der Waals surface area (Å²) >= 11 is 0. The molecule has 0 amide bonds.